The highest BCUT2D eigenvalue weighted by Gasteiger charge is 2.38. The molecule has 2 heterocycles. The standard InChI is InChI=1S/C19H22N2O2S/c1-14(2)21(11-15-7-4-3-5-8-15)18(22)16-12-20(13-16)19(23)17-9-6-10-24-17/h3-10,14,16H,11-13H2,1-2H3. The molecule has 0 bridgehead atoms. The topological polar surface area (TPSA) is 40.6 Å². The molecule has 1 fully saturated rings. The number of carbonyl (C=O) groups is 2. The van der Waals surface area contributed by atoms with Crippen LogP contribution in [0.1, 0.15) is 29.1 Å². The molecule has 2 aromatic rings. The number of carbonyl (C=O) groups excluding carboxylic acids is 2. The van der Waals surface area contributed by atoms with Gasteiger partial charge in [-0.1, -0.05) is 36.4 Å². The Morgan fingerprint density at radius 1 is 1.17 bits per heavy atom. The van der Waals surface area contributed by atoms with Crippen molar-refractivity contribution in [2.24, 2.45) is 5.92 Å². The highest BCUT2D eigenvalue weighted by atomic mass is 32.1. The van der Waals surface area contributed by atoms with Gasteiger partial charge in [0.2, 0.25) is 5.91 Å². The largest absolute Gasteiger partial charge is 0.336 e. The van der Waals surface area contributed by atoms with Gasteiger partial charge in [-0.3, -0.25) is 9.59 Å². The van der Waals surface area contributed by atoms with Crippen LogP contribution in [0.25, 0.3) is 0 Å². The van der Waals surface area contributed by atoms with Crippen molar-refractivity contribution in [2.45, 2.75) is 26.4 Å². The number of rotatable bonds is 5. The first kappa shape index (κ1) is 16.7. The van der Waals surface area contributed by atoms with Crippen molar-refractivity contribution in [1.82, 2.24) is 9.80 Å². The number of thiophene rings is 1. The molecule has 1 saturated heterocycles. The summed E-state index contributed by atoms with van der Waals surface area (Å²) in [4.78, 5) is 29.5. The van der Waals surface area contributed by atoms with Crippen LogP contribution in [-0.2, 0) is 11.3 Å². The molecule has 1 aliphatic heterocycles. The Bertz CT molecular complexity index is 691. The molecule has 1 aliphatic rings. The third-order valence-corrected chi connectivity index (χ3v) is 5.21. The molecule has 5 heteroatoms. The zero-order valence-electron chi connectivity index (χ0n) is 14.0. The van der Waals surface area contributed by atoms with Gasteiger partial charge in [0.15, 0.2) is 0 Å². The minimum absolute atomic E-state index is 0.0354. The van der Waals surface area contributed by atoms with Gasteiger partial charge >= 0.3 is 0 Å². The second-order valence-electron chi connectivity index (χ2n) is 6.43. The Morgan fingerprint density at radius 3 is 2.46 bits per heavy atom. The molecule has 0 atom stereocenters. The average molecular weight is 342 g/mol. The molecule has 0 radical (unpaired) electrons. The molecule has 3 rings (SSSR count). The molecule has 24 heavy (non-hydrogen) atoms. The minimum atomic E-state index is -0.0833. The van der Waals surface area contributed by atoms with E-state index >= 15 is 0 Å². The number of likely N-dealkylation sites (tertiary alicyclic amines) is 1. The van der Waals surface area contributed by atoms with Crippen LogP contribution >= 0.6 is 11.3 Å². The Kier molecular flexibility index (Phi) is 5.00. The fourth-order valence-corrected chi connectivity index (χ4v) is 3.58. The van der Waals surface area contributed by atoms with Crippen LogP contribution in [0.2, 0.25) is 0 Å². The van der Waals surface area contributed by atoms with Crippen molar-refractivity contribution in [3.63, 3.8) is 0 Å². The molecule has 0 saturated carbocycles. The number of benzene rings is 1. The molecule has 0 aliphatic carbocycles. The van der Waals surface area contributed by atoms with Crippen molar-refractivity contribution in [1.29, 1.82) is 0 Å². The van der Waals surface area contributed by atoms with E-state index in [9.17, 15) is 9.59 Å². The molecular weight excluding hydrogens is 320 g/mol. The van der Waals surface area contributed by atoms with Gasteiger partial charge in [-0.15, -0.1) is 11.3 Å². The average Bonchev–Trinajstić information content (AvgIpc) is 3.06. The first-order valence-electron chi connectivity index (χ1n) is 8.23. The van der Waals surface area contributed by atoms with Crippen LogP contribution < -0.4 is 0 Å². The van der Waals surface area contributed by atoms with Crippen molar-refractivity contribution in [3.8, 4) is 0 Å². The maximum absolute atomic E-state index is 12.8. The van der Waals surface area contributed by atoms with Crippen molar-refractivity contribution in [2.75, 3.05) is 13.1 Å². The van der Waals surface area contributed by atoms with E-state index in [0.29, 0.717) is 19.6 Å². The van der Waals surface area contributed by atoms with E-state index in [4.69, 9.17) is 0 Å². The number of nitrogens with zero attached hydrogens (tertiary/aromatic N) is 2. The summed E-state index contributed by atoms with van der Waals surface area (Å²) >= 11 is 1.44. The van der Waals surface area contributed by atoms with E-state index in [1.807, 2.05) is 66.6 Å². The van der Waals surface area contributed by atoms with Gasteiger partial charge in [0.05, 0.1) is 10.8 Å². The Hall–Kier alpha value is -2.14. The summed E-state index contributed by atoms with van der Waals surface area (Å²) in [5.41, 5.74) is 1.13. The van der Waals surface area contributed by atoms with E-state index in [-0.39, 0.29) is 23.8 Å². The van der Waals surface area contributed by atoms with E-state index in [0.717, 1.165) is 10.4 Å². The van der Waals surface area contributed by atoms with Crippen LogP contribution in [0.5, 0.6) is 0 Å². The smallest absolute Gasteiger partial charge is 0.263 e. The van der Waals surface area contributed by atoms with Gasteiger partial charge in [-0.25, -0.2) is 0 Å². The maximum atomic E-state index is 12.8. The van der Waals surface area contributed by atoms with E-state index in [2.05, 4.69) is 0 Å². The predicted octanol–water partition coefficient (Wildman–Crippen LogP) is 3.26. The first-order chi connectivity index (χ1) is 11.6. The van der Waals surface area contributed by atoms with Crippen LogP contribution in [-0.4, -0.2) is 40.7 Å². The molecule has 4 nitrogen and oxygen atoms in total. The normalized spacial score (nSPS) is 14.5. The Labute approximate surface area is 146 Å². The van der Waals surface area contributed by atoms with Gasteiger partial charge < -0.3 is 9.80 Å². The third-order valence-electron chi connectivity index (χ3n) is 4.35. The molecule has 126 valence electrons. The maximum Gasteiger partial charge on any atom is 0.263 e. The number of amides is 2. The molecule has 1 aromatic carbocycles. The van der Waals surface area contributed by atoms with Crippen molar-refractivity contribution < 1.29 is 9.59 Å². The summed E-state index contributed by atoms with van der Waals surface area (Å²) in [5, 5.41) is 1.90. The number of hydrogen-bond donors (Lipinski definition) is 0. The van der Waals surface area contributed by atoms with Gasteiger partial charge in [-0.2, -0.15) is 0 Å². The Morgan fingerprint density at radius 2 is 1.88 bits per heavy atom. The first-order valence-corrected chi connectivity index (χ1v) is 9.11. The van der Waals surface area contributed by atoms with Crippen LogP contribution in [0.3, 0.4) is 0 Å². The van der Waals surface area contributed by atoms with Gasteiger partial charge in [-0.05, 0) is 30.9 Å². The SMILES string of the molecule is CC(C)N(Cc1ccccc1)C(=O)C1CN(C(=O)c2cccs2)C1. The Balaban J connectivity index is 1.60. The lowest BCUT2D eigenvalue weighted by molar-refractivity contribution is -0.142. The second-order valence-corrected chi connectivity index (χ2v) is 7.38. The molecule has 1 aromatic heterocycles. The summed E-state index contributed by atoms with van der Waals surface area (Å²) < 4.78 is 0. The number of hydrogen-bond acceptors (Lipinski definition) is 3. The molecule has 0 spiro atoms. The zero-order valence-corrected chi connectivity index (χ0v) is 14.8. The van der Waals surface area contributed by atoms with Crippen LogP contribution in [0, 0.1) is 5.92 Å². The fourth-order valence-electron chi connectivity index (χ4n) is 2.89. The second kappa shape index (κ2) is 7.18. The highest BCUT2D eigenvalue weighted by Crippen LogP contribution is 2.24. The lowest BCUT2D eigenvalue weighted by Crippen LogP contribution is -2.57. The summed E-state index contributed by atoms with van der Waals surface area (Å²) in [6, 6.07) is 13.9. The van der Waals surface area contributed by atoms with E-state index < -0.39 is 0 Å². The predicted molar refractivity (Wildman–Crippen MR) is 95.8 cm³/mol. The van der Waals surface area contributed by atoms with E-state index in [1.54, 1.807) is 4.90 Å². The lowest BCUT2D eigenvalue weighted by Gasteiger charge is -2.41. The quantitative estimate of drug-likeness (QED) is 0.837. The third kappa shape index (κ3) is 3.51. The zero-order chi connectivity index (χ0) is 17.1. The minimum Gasteiger partial charge on any atom is -0.336 e. The summed E-state index contributed by atoms with van der Waals surface area (Å²) in [5.74, 6) is 0.0947. The summed E-state index contributed by atoms with van der Waals surface area (Å²) in [6.45, 7) is 5.73. The summed E-state index contributed by atoms with van der Waals surface area (Å²) in [7, 11) is 0. The van der Waals surface area contributed by atoms with Crippen LogP contribution in [0.15, 0.2) is 47.8 Å². The fraction of sp³-hybridized carbons (Fsp3) is 0.368. The van der Waals surface area contributed by atoms with Gasteiger partial charge in [0.25, 0.3) is 5.91 Å². The van der Waals surface area contributed by atoms with E-state index in [1.165, 1.54) is 11.3 Å². The van der Waals surface area contributed by atoms with Gasteiger partial charge in [0.1, 0.15) is 0 Å². The van der Waals surface area contributed by atoms with Gasteiger partial charge in [0, 0.05) is 25.7 Å². The lowest BCUT2D eigenvalue weighted by atomic mass is 9.97. The monoisotopic (exact) mass is 342 g/mol. The molecule has 0 unspecified atom stereocenters. The molecule has 2 amide bonds. The van der Waals surface area contributed by atoms with Crippen molar-refractivity contribution in [3.05, 3.63) is 58.3 Å². The molecular formula is C19H22N2O2S. The van der Waals surface area contributed by atoms with Crippen molar-refractivity contribution >= 4 is 23.2 Å². The van der Waals surface area contributed by atoms with Crippen LogP contribution in [0.4, 0.5) is 0 Å². The molecule has 0 N–H and O–H groups in total. The summed E-state index contributed by atoms with van der Waals surface area (Å²) in [6.07, 6.45) is 0. The highest BCUT2D eigenvalue weighted by molar-refractivity contribution is 7.12.